The molecule has 0 atom stereocenters. The number of sulfonamides is 1. The minimum Gasteiger partial charge on any atom is -0.465 e. The van der Waals surface area contributed by atoms with Crippen LogP contribution in [0.3, 0.4) is 0 Å². The van der Waals surface area contributed by atoms with Gasteiger partial charge in [-0.2, -0.15) is 4.31 Å². The normalized spacial score (nSPS) is 15.1. The van der Waals surface area contributed by atoms with E-state index < -0.39 is 20.9 Å². The summed E-state index contributed by atoms with van der Waals surface area (Å²) in [7, 11) is -2.26. The number of anilines is 1. The summed E-state index contributed by atoms with van der Waals surface area (Å²) < 4.78 is 31.6. The van der Waals surface area contributed by atoms with E-state index in [-0.39, 0.29) is 30.1 Å². The minimum atomic E-state index is -3.47. The van der Waals surface area contributed by atoms with Crippen molar-refractivity contribution in [2.24, 2.45) is 0 Å². The molecule has 29 heavy (non-hydrogen) atoms. The second kappa shape index (κ2) is 8.58. The molecule has 0 unspecified atom stereocenters. The Hall–Kier alpha value is -2.98. The van der Waals surface area contributed by atoms with E-state index in [2.05, 4.69) is 0 Å². The van der Waals surface area contributed by atoms with E-state index in [0.29, 0.717) is 18.8 Å². The molecule has 9 nitrogen and oxygen atoms in total. The summed E-state index contributed by atoms with van der Waals surface area (Å²) in [5.41, 5.74) is 1.08. The van der Waals surface area contributed by atoms with Crippen molar-refractivity contribution in [3.05, 3.63) is 69.8 Å². The van der Waals surface area contributed by atoms with Crippen LogP contribution >= 0.6 is 0 Å². The third-order valence-corrected chi connectivity index (χ3v) is 6.61. The molecule has 0 aromatic heterocycles. The Bertz CT molecular complexity index is 1000. The van der Waals surface area contributed by atoms with Gasteiger partial charge in [-0.25, -0.2) is 13.2 Å². The number of esters is 1. The van der Waals surface area contributed by atoms with Crippen molar-refractivity contribution in [1.29, 1.82) is 0 Å². The lowest BCUT2D eigenvalue weighted by Gasteiger charge is -2.36. The van der Waals surface area contributed by atoms with Crippen LogP contribution in [0.2, 0.25) is 0 Å². The predicted molar refractivity (Wildman–Crippen MR) is 107 cm³/mol. The van der Waals surface area contributed by atoms with Gasteiger partial charge in [0, 0.05) is 38.3 Å². The van der Waals surface area contributed by atoms with Gasteiger partial charge in [-0.15, -0.1) is 0 Å². The second-order valence-corrected chi connectivity index (χ2v) is 8.55. The zero-order valence-electron chi connectivity index (χ0n) is 15.9. The largest absolute Gasteiger partial charge is 0.465 e. The number of piperazine rings is 1. The van der Waals surface area contributed by atoms with Gasteiger partial charge in [-0.3, -0.25) is 10.1 Å². The van der Waals surface area contributed by atoms with Crippen LogP contribution in [-0.2, 0) is 20.5 Å². The number of nitrogens with zero attached hydrogens (tertiary/aromatic N) is 3. The number of methoxy groups -OCH3 is 1. The molecule has 1 fully saturated rings. The maximum atomic E-state index is 12.7. The lowest BCUT2D eigenvalue weighted by Crippen LogP contribution is -2.49. The van der Waals surface area contributed by atoms with Crippen LogP contribution in [0.25, 0.3) is 0 Å². The third kappa shape index (κ3) is 4.72. The SMILES string of the molecule is COC(=O)c1cc([N+](=O)[O-])ccc1N1CCN(S(=O)(=O)Cc2ccccc2)CC1. The van der Waals surface area contributed by atoms with Crippen LogP contribution in [0.15, 0.2) is 48.5 Å². The van der Waals surface area contributed by atoms with Crippen molar-refractivity contribution >= 4 is 27.4 Å². The molecule has 0 radical (unpaired) electrons. The van der Waals surface area contributed by atoms with Crippen LogP contribution in [0, 0.1) is 10.1 Å². The number of carbonyl (C=O) groups is 1. The summed E-state index contributed by atoms with van der Waals surface area (Å²) in [6, 6.07) is 13.0. The number of hydrogen-bond donors (Lipinski definition) is 0. The lowest BCUT2D eigenvalue weighted by atomic mass is 10.1. The first-order valence-corrected chi connectivity index (χ1v) is 10.6. The molecule has 154 valence electrons. The molecule has 0 aliphatic carbocycles. The number of non-ortho nitro benzene ring substituents is 1. The van der Waals surface area contributed by atoms with E-state index in [1.54, 1.807) is 24.3 Å². The molecule has 2 aromatic carbocycles. The van der Waals surface area contributed by atoms with Gasteiger partial charge >= 0.3 is 5.97 Å². The topological polar surface area (TPSA) is 110 Å². The number of hydrogen-bond acceptors (Lipinski definition) is 7. The van der Waals surface area contributed by atoms with Crippen LogP contribution < -0.4 is 4.90 Å². The van der Waals surface area contributed by atoms with Gasteiger partial charge in [0.05, 0.1) is 29.0 Å². The molecule has 0 amide bonds. The molecule has 1 heterocycles. The molecule has 10 heteroatoms. The van der Waals surface area contributed by atoms with E-state index in [9.17, 15) is 23.3 Å². The van der Waals surface area contributed by atoms with Crippen LogP contribution in [-0.4, -0.2) is 56.9 Å². The van der Waals surface area contributed by atoms with Crippen molar-refractivity contribution < 1.29 is 22.9 Å². The van der Waals surface area contributed by atoms with Gasteiger partial charge in [-0.05, 0) is 11.6 Å². The average molecular weight is 419 g/mol. The minimum absolute atomic E-state index is 0.0707. The van der Waals surface area contributed by atoms with E-state index in [1.165, 1.54) is 29.6 Å². The number of nitro groups is 1. The van der Waals surface area contributed by atoms with E-state index >= 15 is 0 Å². The summed E-state index contributed by atoms with van der Waals surface area (Å²) in [6.45, 7) is 1.23. The fourth-order valence-corrected chi connectivity index (χ4v) is 4.79. The zero-order chi connectivity index (χ0) is 21.0. The summed E-state index contributed by atoms with van der Waals surface area (Å²) in [4.78, 5) is 24.4. The zero-order valence-corrected chi connectivity index (χ0v) is 16.7. The summed E-state index contributed by atoms with van der Waals surface area (Å²) in [5, 5.41) is 11.0. The Kier molecular flexibility index (Phi) is 6.14. The monoisotopic (exact) mass is 419 g/mol. The van der Waals surface area contributed by atoms with Gasteiger partial charge in [0.1, 0.15) is 0 Å². The van der Waals surface area contributed by atoms with Crippen molar-refractivity contribution in [2.75, 3.05) is 38.2 Å². The van der Waals surface area contributed by atoms with Crippen LogP contribution in [0.1, 0.15) is 15.9 Å². The standard InChI is InChI=1S/C19H21N3O6S/c1-28-19(23)17-13-16(22(24)25)7-8-18(17)20-9-11-21(12-10-20)29(26,27)14-15-5-3-2-4-6-15/h2-8,13H,9-12,14H2,1H3. The van der Waals surface area contributed by atoms with Crippen molar-refractivity contribution in [3.63, 3.8) is 0 Å². The van der Waals surface area contributed by atoms with E-state index in [1.807, 2.05) is 11.0 Å². The molecule has 1 aliphatic heterocycles. The lowest BCUT2D eigenvalue weighted by molar-refractivity contribution is -0.384. The first-order valence-electron chi connectivity index (χ1n) is 8.95. The van der Waals surface area contributed by atoms with E-state index in [4.69, 9.17) is 4.74 Å². The molecule has 3 rings (SSSR count). The van der Waals surface area contributed by atoms with Gasteiger partial charge in [0.25, 0.3) is 5.69 Å². The second-order valence-electron chi connectivity index (χ2n) is 6.58. The number of nitro benzene ring substituents is 1. The van der Waals surface area contributed by atoms with Crippen molar-refractivity contribution in [1.82, 2.24) is 4.31 Å². The predicted octanol–water partition coefficient (Wildman–Crippen LogP) is 2.03. The summed E-state index contributed by atoms with van der Waals surface area (Å²) >= 11 is 0. The number of benzene rings is 2. The molecule has 1 aliphatic rings. The first kappa shape index (κ1) is 20.7. The Labute approximate surface area is 168 Å². The van der Waals surface area contributed by atoms with E-state index in [0.717, 1.165) is 5.56 Å². The Morgan fingerprint density at radius 3 is 2.34 bits per heavy atom. The molecule has 2 aromatic rings. The number of carbonyl (C=O) groups excluding carboxylic acids is 1. The number of ether oxygens (including phenoxy) is 1. The van der Waals surface area contributed by atoms with Crippen molar-refractivity contribution in [3.8, 4) is 0 Å². The quantitative estimate of drug-likeness (QED) is 0.400. The first-order chi connectivity index (χ1) is 13.8. The fourth-order valence-electron chi connectivity index (χ4n) is 3.27. The summed E-state index contributed by atoms with van der Waals surface area (Å²) in [5.74, 6) is -0.749. The summed E-state index contributed by atoms with van der Waals surface area (Å²) in [6.07, 6.45) is 0. The van der Waals surface area contributed by atoms with Crippen molar-refractivity contribution in [2.45, 2.75) is 5.75 Å². The van der Waals surface area contributed by atoms with Crippen LogP contribution in [0.4, 0.5) is 11.4 Å². The maximum absolute atomic E-state index is 12.7. The average Bonchev–Trinajstić information content (AvgIpc) is 2.73. The third-order valence-electron chi connectivity index (χ3n) is 4.76. The highest BCUT2D eigenvalue weighted by molar-refractivity contribution is 7.88. The van der Waals surface area contributed by atoms with Gasteiger partial charge in [0.2, 0.25) is 10.0 Å². The van der Waals surface area contributed by atoms with Gasteiger partial charge < -0.3 is 9.64 Å². The number of rotatable bonds is 6. The highest BCUT2D eigenvalue weighted by Crippen LogP contribution is 2.28. The Morgan fingerprint density at radius 1 is 1.10 bits per heavy atom. The molecule has 1 saturated heterocycles. The molecule has 0 spiro atoms. The Morgan fingerprint density at radius 2 is 1.76 bits per heavy atom. The molecule has 0 saturated carbocycles. The molecular weight excluding hydrogens is 398 g/mol. The highest BCUT2D eigenvalue weighted by atomic mass is 32.2. The smallest absolute Gasteiger partial charge is 0.340 e. The van der Waals surface area contributed by atoms with Gasteiger partial charge in [0.15, 0.2) is 0 Å². The van der Waals surface area contributed by atoms with Crippen LogP contribution in [0.5, 0.6) is 0 Å². The fraction of sp³-hybridized carbons (Fsp3) is 0.316. The maximum Gasteiger partial charge on any atom is 0.340 e. The Balaban J connectivity index is 1.75. The molecule has 0 N–H and O–H groups in total. The highest BCUT2D eigenvalue weighted by Gasteiger charge is 2.29. The molecule has 0 bridgehead atoms. The van der Waals surface area contributed by atoms with Gasteiger partial charge in [-0.1, -0.05) is 30.3 Å². The molecular formula is C19H21N3O6S.